The SMILES string of the molecule is Cc1cccc(-n2cc(CNC(=O)N[C@@H](CC(C)C)C(=O)NO)nn2)c1. The van der Waals surface area contributed by atoms with Gasteiger partial charge < -0.3 is 10.6 Å². The first-order valence-electron chi connectivity index (χ1n) is 8.35. The van der Waals surface area contributed by atoms with Gasteiger partial charge in [-0.05, 0) is 37.0 Å². The normalized spacial score (nSPS) is 11.9. The average molecular weight is 360 g/mol. The Hall–Kier alpha value is -2.94. The number of carbonyl (C=O) groups is 2. The van der Waals surface area contributed by atoms with Crippen LogP contribution in [0.5, 0.6) is 0 Å². The highest BCUT2D eigenvalue weighted by Crippen LogP contribution is 2.09. The van der Waals surface area contributed by atoms with Crippen LogP contribution in [0.4, 0.5) is 4.79 Å². The number of hydrogen-bond donors (Lipinski definition) is 4. The van der Waals surface area contributed by atoms with Crippen LogP contribution in [0.2, 0.25) is 0 Å². The first kappa shape index (κ1) is 19.4. The van der Waals surface area contributed by atoms with Crippen LogP contribution >= 0.6 is 0 Å². The summed E-state index contributed by atoms with van der Waals surface area (Å²) in [5, 5.41) is 22.0. The van der Waals surface area contributed by atoms with Crippen LogP contribution in [0.15, 0.2) is 30.5 Å². The van der Waals surface area contributed by atoms with Crippen molar-refractivity contribution in [3.8, 4) is 5.69 Å². The third kappa shape index (κ3) is 5.55. The number of carbonyl (C=O) groups excluding carboxylic acids is 2. The lowest BCUT2D eigenvalue weighted by molar-refractivity contribution is -0.131. The molecule has 140 valence electrons. The minimum atomic E-state index is -0.817. The van der Waals surface area contributed by atoms with Gasteiger partial charge in [-0.25, -0.2) is 15.0 Å². The van der Waals surface area contributed by atoms with E-state index in [0.29, 0.717) is 12.1 Å². The van der Waals surface area contributed by atoms with E-state index in [4.69, 9.17) is 5.21 Å². The second-order valence-electron chi connectivity index (χ2n) is 6.48. The molecule has 0 unspecified atom stereocenters. The van der Waals surface area contributed by atoms with Crippen LogP contribution in [0.1, 0.15) is 31.5 Å². The van der Waals surface area contributed by atoms with Crippen molar-refractivity contribution in [2.24, 2.45) is 5.92 Å². The molecule has 0 radical (unpaired) electrons. The molecular formula is C17H24N6O3. The molecule has 0 bridgehead atoms. The van der Waals surface area contributed by atoms with E-state index < -0.39 is 18.0 Å². The molecule has 0 fully saturated rings. The number of nitrogens with zero attached hydrogens (tertiary/aromatic N) is 3. The van der Waals surface area contributed by atoms with Gasteiger partial charge in [-0.2, -0.15) is 0 Å². The monoisotopic (exact) mass is 360 g/mol. The minimum Gasteiger partial charge on any atom is -0.332 e. The molecule has 3 amide bonds. The number of hydrogen-bond acceptors (Lipinski definition) is 5. The Bertz CT molecular complexity index is 758. The van der Waals surface area contributed by atoms with Crippen molar-refractivity contribution in [3.63, 3.8) is 0 Å². The number of aromatic nitrogens is 3. The van der Waals surface area contributed by atoms with Crippen LogP contribution < -0.4 is 16.1 Å². The Balaban J connectivity index is 1.92. The second kappa shape index (κ2) is 8.95. The van der Waals surface area contributed by atoms with Crippen LogP contribution in [0, 0.1) is 12.8 Å². The summed E-state index contributed by atoms with van der Waals surface area (Å²) in [5.41, 5.74) is 4.13. The smallest absolute Gasteiger partial charge is 0.315 e. The highest BCUT2D eigenvalue weighted by atomic mass is 16.5. The fraction of sp³-hybridized carbons (Fsp3) is 0.412. The van der Waals surface area contributed by atoms with Gasteiger partial charge in [0.15, 0.2) is 0 Å². The van der Waals surface area contributed by atoms with E-state index in [2.05, 4.69) is 20.9 Å². The Morgan fingerprint density at radius 2 is 2.08 bits per heavy atom. The zero-order valence-corrected chi connectivity index (χ0v) is 15.1. The molecule has 0 saturated carbocycles. The van der Waals surface area contributed by atoms with Gasteiger partial charge in [0.25, 0.3) is 5.91 Å². The lowest BCUT2D eigenvalue weighted by Crippen LogP contribution is -2.49. The summed E-state index contributed by atoms with van der Waals surface area (Å²) in [5.74, 6) is -0.480. The highest BCUT2D eigenvalue weighted by molar-refractivity contribution is 5.86. The number of aryl methyl sites for hydroxylation is 1. The molecule has 0 aliphatic carbocycles. The van der Waals surface area contributed by atoms with Crippen molar-refractivity contribution in [1.82, 2.24) is 31.1 Å². The number of rotatable bonds is 7. The molecular weight excluding hydrogens is 336 g/mol. The molecule has 1 atom stereocenters. The molecule has 1 aromatic carbocycles. The number of nitrogens with one attached hydrogen (secondary N) is 3. The van der Waals surface area contributed by atoms with Crippen LogP contribution in [0.25, 0.3) is 5.69 Å². The quantitative estimate of drug-likeness (QED) is 0.438. The molecule has 1 aromatic heterocycles. The average Bonchev–Trinajstić information content (AvgIpc) is 3.07. The molecule has 0 aliphatic rings. The number of benzene rings is 1. The Morgan fingerprint density at radius 3 is 2.73 bits per heavy atom. The molecule has 0 aliphatic heterocycles. The molecule has 26 heavy (non-hydrogen) atoms. The van der Waals surface area contributed by atoms with Crippen molar-refractivity contribution >= 4 is 11.9 Å². The van der Waals surface area contributed by atoms with Gasteiger partial charge in [-0.1, -0.05) is 31.2 Å². The zero-order valence-electron chi connectivity index (χ0n) is 15.1. The molecule has 4 N–H and O–H groups in total. The van der Waals surface area contributed by atoms with Gasteiger partial charge >= 0.3 is 6.03 Å². The van der Waals surface area contributed by atoms with E-state index in [1.54, 1.807) is 16.4 Å². The van der Waals surface area contributed by atoms with E-state index in [1.807, 2.05) is 45.0 Å². The maximum atomic E-state index is 12.0. The van der Waals surface area contributed by atoms with Gasteiger partial charge in [0.1, 0.15) is 11.7 Å². The predicted molar refractivity (Wildman–Crippen MR) is 94.6 cm³/mol. The first-order valence-corrected chi connectivity index (χ1v) is 8.35. The van der Waals surface area contributed by atoms with E-state index in [0.717, 1.165) is 11.3 Å². The van der Waals surface area contributed by atoms with Crippen molar-refractivity contribution in [2.75, 3.05) is 0 Å². The fourth-order valence-corrected chi connectivity index (χ4v) is 2.44. The minimum absolute atomic E-state index is 0.160. The van der Waals surface area contributed by atoms with Crippen molar-refractivity contribution in [3.05, 3.63) is 41.7 Å². The van der Waals surface area contributed by atoms with Crippen LogP contribution in [-0.4, -0.2) is 38.2 Å². The molecule has 9 nitrogen and oxygen atoms in total. The fourth-order valence-electron chi connectivity index (χ4n) is 2.44. The molecule has 2 rings (SSSR count). The van der Waals surface area contributed by atoms with Gasteiger partial charge in [0.05, 0.1) is 18.4 Å². The molecule has 0 spiro atoms. The summed E-state index contributed by atoms with van der Waals surface area (Å²) in [4.78, 5) is 23.6. The molecule has 1 heterocycles. The lowest BCUT2D eigenvalue weighted by Gasteiger charge is -2.18. The standard InChI is InChI=1S/C17H24N6O3/c1-11(2)7-15(16(24)21-26)19-17(25)18-9-13-10-23(22-20-13)14-6-4-5-12(3)8-14/h4-6,8,10-11,15,26H,7,9H2,1-3H3,(H,21,24)(H2,18,19,25)/t15-/m0/s1. The maximum Gasteiger partial charge on any atom is 0.315 e. The Kier molecular flexibility index (Phi) is 6.67. The summed E-state index contributed by atoms with van der Waals surface area (Å²) in [6.45, 7) is 5.98. The Morgan fingerprint density at radius 1 is 1.31 bits per heavy atom. The predicted octanol–water partition coefficient (Wildman–Crippen LogP) is 1.30. The van der Waals surface area contributed by atoms with E-state index in [-0.39, 0.29) is 12.5 Å². The third-order valence-electron chi connectivity index (χ3n) is 3.68. The van der Waals surface area contributed by atoms with Crippen LogP contribution in [-0.2, 0) is 11.3 Å². The number of amides is 3. The molecule has 0 saturated heterocycles. The third-order valence-corrected chi connectivity index (χ3v) is 3.68. The molecule has 2 aromatic rings. The van der Waals surface area contributed by atoms with Crippen LogP contribution in [0.3, 0.4) is 0 Å². The van der Waals surface area contributed by atoms with Gasteiger partial charge in [-0.3, -0.25) is 10.0 Å². The zero-order chi connectivity index (χ0) is 19.1. The lowest BCUT2D eigenvalue weighted by atomic mass is 10.0. The number of hydroxylamine groups is 1. The highest BCUT2D eigenvalue weighted by Gasteiger charge is 2.21. The largest absolute Gasteiger partial charge is 0.332 e. The van der Waals surface area contributed by atoms with Crippen molar-refractivity contribution in [1.29, 1.82) is 0 Å². The first-order chi connectivity index (χ1) is 12.4. The summed E-state index contributed by atoms with van der Waals surface area (Å²) >= 11 is 0. The van der Waals surface area contributed by atoms with Gasteiger partial charge in [0.2, 0.25) is 0 Å². The Labute approximate surface area is 151 Å². The van der Waals surface area contributed by atoms with Gasteiger partial charge in [0, 0.05) is 0 Å². The van der Waals surface area contributed by atoms with E-state index >= 15 is 0 Å². The van der Waals surface area contributed by atoms with Crippen molar-refractivity contribution < 1.29 is 14.8 Å². The molecule has 9 heteroatoms. The second-order valence-corrected chi connectivity index (χ2v) is 6.48. The van der Waals surface area contributed by atoms with Gasteiger partial charge in [-0.15, -0.1) is 5.10 Å². The summed E-state index contributed by atoms with van der Waals surface area (Å²) in [7, 11) is 0. The summed E-state index contributed by atoms with van der Waals surface area (Å²) < 4.78 is 1.63. The van der Waals surface area contributed by atoms with E-state index in [1.165, 1.54) is 0 Å². The van der Waals surface area contributed by atoms with E-state index in [9.17, 15) is 9.59 Å². The summed E-state index contributed by atoms with van der Waals surface area (Å²) in [6, 6.07) is 6.47. The maximum absolute atomic E-state index is 12.0. The summed E-state index contributed by atoms with van der Waals surface area (Å²) in [6.07, 6.45) is 2.13. The number of urea groups is 1. The topological polar surface area (TPSA) is 121 Å². The van der Waals surface area contributed by atoms with Crippen molar-refractivity contribution in [2.45, 2.75) is 39.8 Å².